The molecule has 3 nitrogen and oxygen atoms in total. The van der Waals surface area contributed by atoms with E-state index in [1.807, 2.05) is 24.4 Å². The Bertz CT molecular complexity index is 612. The normalized spacial score (nSPS) is 19.1. The van der Waals surface area contributed by atoms with Crippen molar-refractivity contribution < 1.29 is 9.18 Å². The van der Waals surface area contributed by atoms with Gasteiger partial charge in [-0.3, -0.25) is 10.1 Å². The number of carbonyl (C=O) groups is 1. The standard InChI is InChI=1S/C14H13FN2OS/c1-8(12-3-2-6-19-12)16-13-10-7-9(15)4-5-11(10)17-14(13)18/h2-8,13,16H,1H3,(H,17,18). The maximum absolute atomic E-state index is 13.3. The van der Waals surface area contributed by atoms with Gasteiger partial charge in [0.1, 0.15) is 11.9 Å². The van der Waals surface area contributed by atoms with Crippen molar-refractivity contribution in [1.82, 2.24) is 5.32 Å². The van der Waals surface area contributed by atoms with E-state index in [2.05, 4.69) is 10.6 Å². The van der Waals surface area contributed by atoms with Crippen LogP contribution in [-0.2, 0) is 4.79 Å². The van der Waals surface area contributed by atoms with Crippen LogP contribution in [0.25, 0.3) is 0 Å². The molecular weight excluding hydrogens is 263 g/mol. The summed E-state index contributed by atoms with van der Waals surface area (Å²) in [6.45, 7) is 2.00. The summed E-state index contributed by atoms with van der Waals surface area (Å²) in [6.07, 6.45) is 0. The zero-order valence-electron chi connectivity index (χ0n) is 10.3. The van der Waals surface area contributed by atoms with Crippen LogP contribution in [-0.4, -0.2) is 5.91 Å². The molecule has 2 heterocycles. The first-order chi connectivity index (χ1) is 9.15. The molecule has 0 radical (unpaired) electrons. The number of amides is 1. The number of benzene rings is 1. The van der Waals surface area contributed by atoms with Gasteiger partial charge in [0, 0.05) is 22.2 Å². The van der Waals surface area contributed by atoms with Crippen LogP contribution in [0.5, 0.6) is 0 Å². The predicted molar refractivity (Wildman–Crippen MR) is 73.6 cm³/mol. The van der Waals surface area contributed by atoms with E-state index in [0.717, 1.165) is 4.88 Å². The summed E-state index contributed by atoms with van der Waals surface area (Å²) in [4.78, 5) is 13.1. The lowest BCUT2D eigenvalue weighted by atomic mass is 10.1. The van der Waals surface area contributed by atoms with E-state index >= 15 is 0 Å². The van der Waals surface area contributed by atoms with Crippen LogP contribution >= 0.6 is 11.3 Å². The third-order valence-corrected chi connectivity index (χ3v) is 4.29. The van der Waals surface area contributed by atoms with E-state index in [1.54, 1.807) is 17.4 Å². The van der Waals surface area contributed by atoms with Crippen LogP contribution in [0.3, 0.4) is 0 Å². The first kappa shape index (κ1) is 12.3. The summed E-state index contributed by atoms with van der Waals surface area (Å²) >= 11 is 1.63. The molecule has 5 heteroatoms. The summed E-state index contributed by atoms with van der Waals surface area (Å²) in [6, 6.07) is 7.89. The van der Waals surface area contributed by atoms with Crippen molar-refractivity contribution in [2.75, 3.05) is 5.32 Å². The van der Waals surface area contributed by atoms with Gasteiger partial charge >= 0.3 is 0 Å². The number of anilines is 1. The molecule has 3 rings (SSSR count). The van der Waals surface area contributed by atoms with E-state index < -0.39 is 6.04 Å². The third kappa shape index (κ3) is 2.27. The van der Waals surface area contributed by atoms with Crippen LogP contribution in [0.4, 0.5) is 10.1 Å². The minimum Gasteiger partial charge on any atom is -0.324 e. The Morgan fingerprint density at radius 2 is 2.26 bits per heavy atom. The van der Waals surface area contributed by atoms with Gasteiger partial charge in [-0.25, -0.2) is 4.39 Å². The molecule has 0 saturated heterocycles. The van der Waals surface area contributed by atoms with Gasteiger partial charge in [0.2, 0.25) is 5.91 Å². The number of thiophene rings is 1. The van der Waals surface area contributed by atoms with Gasteiger partial charge in [0.15, 0.2) is 0 Å². The van der Waals surface area contributed by atoms with Crippen molar-refractivity contribution in [3.05, 3.63) is 52.0 Å². The lowest BCUT2D eigenvalue weighted by molar-refractivity contribution is -0.117. The number of rotatable bonds is 3. The quantitative estimate of drug-likeness (QED) is 0.903. The largest absolute Gasteiger partial charge is 0.324 e. The van der Waals surface area contributed by atoms with Crippen molar-refractivity contribution in [2.45, 2.75) is 19.0 Å². The molecule has 1 aromatic heterocycles. The Balaban J connectivity index is 1.86. The smallest absolute Gasteiger partial charge is 0.246 e. The molecule has 0 spiro atoms. The molecular formula is C14H13FN2OS. The zero-order chi connectivity index (χ0) is 13.4. The summed E-state index contributed by atoms with van der Waals surface area (Å²) in [5.41, 5.74) is 1.36. The van der Waals surface area contributed by atoms with Crippen molar-refractivity contribution >= 4 is 22.9 Å². The molecule has 98 valence electrons. The highest BCUT2D eigenvalue weighted by molar-refractivity contribution is 7.10. The lowest BCUT2D eigenvalue weighted by Crippen LogP contribution is -2.29. The van der Waals surface area contributed by atoms with Crippen LogP contribution in [0.15, 0.2) is 35.7 Å². The number of nitrogens with one attached hydrogen (secondary N) is 2. The fourth-order valence-electron chi connectivity index (χ4n) is 2.27. The van der Waals surface area contributed by atoms with Crippen LogP contribution in [0.2, 0.25) is 0 Å². The maximum Gasteiger partial charge on any atom is 0.246 e. The molecule has 0 fully saturated rings. The molecule has 1 aromatic carbocycles. The van der Waals surface area contributed by atoms with Crippen molar-refractivity contribution in [3.63, 3.8) is 0 Å². The summed E-state index contributed by atoms with van der Waals surface area (Å²) in [5.74, 6) is -0.463. The minimum atomic E-state index is -0.497. The first-order valence-corrected chi connectivity index (χ1v) is 6.93. The van der Waals surface area contributed by atoms with E-state index in [-0.39, 0.29) is 17.8 Å². The Kier molecular flexibility index (Phi) is 3.08. The van der Waals surface area contributed by atoms with Gasteiger partial charge in [-0.2, -0.15) is 0 Å². The molecule has 2 N–H and O–H groups in total. The summed E-state index contributed by atoms with van der Waals surface area (Å²) < 4.78 is 13.3. The van der Waals surface area contributed by atoms with E-state index in [4.69, 9.17) is 0 Å². The fourth-order valence-corrected chi connectivity index (χ4v) is 3.01. The van der Waals surface area contributed by atoms with Gasteiger partial charge < -0.3 is 5.32 Å². The number of carbonyl (C=O) groups excluding carboxylic acids is 1. The molecule has 1 aliphatic heterocycles. The molecule has 2 unspecified atom stereocenters. The Morgan fingerprint density at radius 1 is 1.42 bits per heavy atom. The number of hydrogen-bond donors (Lipinski definition) is 2. The van der Waals surface area contributed by atoms with Gasteiger partial charge in [-0.1, -0.05) is 6.07 Å². The van der Waals surface area contributed by atoms with Crippen LogP contribution < -0.4 is 10.6 Å². The van der Waals surface area contributed by atoms with Gasteiger partial charge in [-0.05, 0) is 36.6 Å². The highest BCUT2D eigenvalue weighted by Crippen LogP contribution is 2.33. The first-order valence-electron chi connectivity index (χ1n) is 6.05. The highest BCUT2D eigenvalue weighted by Gasteiger charge is 2.31. The average Bonchev–Trinajstić information content (AvgIpc) is 2.99. The second kappa shape index (κ2) is 4.75. The fraction of sp³-hybridized carbons (Fsp3) is 0.214. The summed E-state index contributed by atoms with van der Waals surface area (Å²) in [5, 5.41) is 8.00. The van der Waals surface area contributed by atoms with Crippen molar-refractivity contribution in [1.29, 1.82) is 0 Å². The van der Waals surface area contributed by atoms with Gasteiger partial charge in [0.25, 0.3) is 0 Å². The molecule has 2 atom stereocenters. The lowest BCUT2D eigenvalue weighted by Gasteiger charge is -2.17. The number of hydrogen-bond acceptors (Lipinski definition) is 3. The second-order valence-electron chi connectivity index (χ2n) is 4.56. The van der Waals surface area contributed by atoms with Crippen molar-refractivity contribution in [2.24, 2.45) is 0 Å². The monoisotopic (exact) mass is 276 g/mol. The van der Waals surface area contributed by atoms with Crippen LogP contribution in [0, 0.1) is 5.82 Å². The third-order valence-electron chi connectivity index (χ3n) is 3.23. The average molecular weight is 276 g/mol. The Labute approximate surface area is 114 Å². The molecule has 2 aromatic rings. The number of halogens is 1. The molecule has 19 heavy (non-hydrogen) atoms. The molecule has 0 saturated carbocycles. The molecule has 1 amide bonds. The molecule has 0 aliphatic carbocycles. The second-order valence-corrected chi connectivity index (χ2v) is 5.54. The zero-order valence-corrected chi connectivity index (χ0v) is 11.1. The Hall–Kier alpha value is -1.72. The van der Waals surface area contributed by atoms with Gasteiger partial charge in [0.05, 0.1) is 0 Å². The van der Waals surface area contributed by atoms with E-state index in [1.165, 1.54) is 12.1 Å². The number of fused-ring (bicyclic) bond motifs is 1. The van der Waals surface area contributed by atoms with E-state index in [0.29, 0.717) is 11.3 Å². The maximum atomic E-state index is 13.3. The Morgan fingerprint density at radius 3 is 3.00 bits per heavy atom. The summed E-state index contributed by atoms with van der Waals surface area (Å²) in [7, 11) is 0. The topological polar surface area (TPSA) is 41.1 Å². The SMILES string of the molecule is CC(NC1C(=O)Nc2ccc(F)cc21)c1cccs1. The molecule has 0 bridgehead atoms. The minimum absolute atomic E-state index is 0.0463. The molecule has 1 aliphatic rings. The van der Waals surface area contributed by atoms with Crippen LogP contribution in [0.1, 0.15) is 29.4 Å². The van der Waals surface area contributed by atoms with Gasteiger partial charge in [-0.15, -0.1) is 11.3 Å². The van der Waals surface area contributed by atoms with Crippen molar-refractivity contribution in [3.8, 4) is 0 Å². The van der Waals surface area contributed by atoms with E-state index in [9.17, 15) is 9.18 Å². The highest BCUT2D eigenvalue weighted by atomic mass is 32.1. The predicted octanol–water partition coefficient (Wildman–Crippen LogP) is 3.23.